The number of nitrogens with zero attached hydrogens (tertiary/aromatic N) is 4. The lowest BCUT2D eigenvalue weighted by Crippen LogP contribution is -2.17. The Morgan fingerprint density at radius 1 is 1.53 bits per heavy atom. The molecule has 0 atom stereocenters. The third kappa shape index (κ3) is 2.94. The Bertz CT molecular complexity index is 479. The molecule has 0 spiro atoms. The van der Waals surface area contributed by atoms with Crippen molar-refractivity contribution in [3.63, 3.8) is 0 Å². The topological polar surface area (TPSA) is 40.9 Å². The molecule has 88 valence electrons. The SMILES string of the molecule is C=C1CN(C)/C(=N\N=C(/C)c2ccccn2)S1. The van der Waals surface area contributed by atoms with Gasteiger partial charge in [-0.05, 0) is 19.1 Å². The first-order chi connectivity index (χ1) is 8.16. The van der Waals surface area contributed by atoms with Crippen LogP contribution >= 0.6 is 11.8 Å². The van der Waals surface area contributed by atoms with Gasteiger partial charge in [-0.25, -0.2) is 0 Å². The van der Waals surface area contributed by atoms with Gasteiger partial charge in [0, 0.05) is 18.1 Å². The van der Waals surface area contributed by atoms with E-state index in [1.165, 1.54) is 0 Å². The van der Waals surface area contributed by atoms with Crippen LogP contribution in [0, 0.1) is 0 Å². The van der Waals surface area contributed by atoms with Crippen LogP contribution in [0.1, 0.15) is 12.6 Å². The molecule has 1 fully saturated rings. The number of pyridine rings is 1. The minimum Gasteiger partial charge on any atom is -0.348 e. The highest BCUT2D eigenvalue weighted by Crippen LogP contribution is 2.26. The Labute approximate surface area is 105 Å². The highest BCUT2D eigenvalue weighted by Gasteiger charge is 2.18. The van der Waals surface area contributed by atoms with Crippen molar-refractivity contribution in [1.82, 2.24) is 9.88 Å². The van der Waals surface area contributed by atoms with Crippen LogP contribution in [0.15, 0.2) is 46.1 Å². The molecule has 0 aliphatic carbocycles. The Hall–Kier alpha value is -1.62. The predicted molar refractivity (Wildman–Crippen MR) is 73.2 cm³/mol. The van der Waals surface area contributed by atoms with Gasteiger partial charge >= 0.3 is 0 Å². The number of hydrogen-bond donors (Lipinski definition) is 0. The molecule has 5 heteroatoms. The second-order valence-corrected chi connectivity index (χ2v) is 4.93. The first kappa shape index (κ1) is 11.9. The molecule has 0 N–H and O–H groups in total. The minimum absolute atomic E-state index is 0.810. The zero-order valence-corrected chi connectivity index (χ0v) is 10.7. The van der Waals surface area contributed by atoms with Crippen molar-refractivity contribution in [2.45, 2.75) is 6.92 Å². The van der Waals surface area contributed by atoms with E-state index in [1.807, 2.05) is 37.1 Å². The highest BCUT2D eigenvalue weighted by atomic mass is 32.2. The lowest BCUT2D eigenvalue weighted by molar-refractivity contribution is 0.580. The number of amidine groups is 1. The lowest BCUT2D eigenvalue weighted by atomic mass is 10.3. The number of likely N-dealkylation sites (N-methyl/N-ethyl adjacent to an activating group) is 1. The molecule has 0 aromatic carbocycles. The van der Waals surface area contributed by atoms with E-state index in [2.05, 4.69) is 21.8 Å². The van der Waals surface area contributed by atoms with Gasteiger partial charge in [0.25, 0.3) is 0 Å². The lowest BCUT2D eigenvalue weighted by Gasteiger charge is -2.06. The summed E-state index contributed by atoms with van der Waals surface area (Å²) in [6.45, 7) is 6.66. The molecule has 0 amide bonds. The van der Waals surface area contributed by atoms with E-state index in [-0.39, 0.29) is 0 Å². The molecule has 1 saturated heterocycles. The molecule has 2 heterocycles. The van der Waals surface area contributed by atoms with Crippen molar-refractivity contribution in [3.05, 3.63) is 41.6 Å². The van der Waals surface area contributed by atoms with Crippen molar-refractivity contribution in [2.75, 3.05) is 13.6 Å². The van der Waals surface area contributed by atoms with Crippen molar-refractivity contribution in [2.24, 2.45) is 10.2 Å². The second kappa shape index (κ2) is 5.14. The van der Waals surface area contributed by atoms with Crippen molar-refractivity contribution >= 4 is 22.6 Å². The molecule has 2 rings (SSSR count). The first-order valence-corrected chi connectivity index (χ1v) is 6.09. The Morgan fingerprint density at radius 2 is 2.35 bits per heavy atom. The van der Waals surface area contributed by atoms with Crippen LogP contribution in [0.2, 0.25) is 0 Å². The summed E-state index contributed by atoms with van der Waals surface area (Å²) in [5, 5.41) is 9.30. The van der Waals surface area contributed by atoms with E-state index in [1.54, 1.807) is 18.0 Å². The fraction of sp³-hybridized carbons (Fsp3) is 0.250. The number of thioether (sulfide) groups is 1. The van der Waals surface area contributed by atoms with Gasteiger partial charge in [-0.2, -0.15) is 5.10 Å². The van der Waals surface area contributed by atoms with Gasteiger partial charge in [-0.3, -0.25) is 4.98 Å². The maximum absolute atomic E-state index is 4.22. The first-order valence-electron chi connectivity index (χ1n) is 5.27. The molecule has 1 aliphatic rings. The van der Waals surface area contributed by atoms with E-state index in [0.29, 0.717) is 0 Å². The smallest absolute Gasteiger partial charge is 0.190 e. The molecule has 0 radical (unpaired) electrons. The summed E-state index contributed by atoms with van der Waals surface area (Å²) >= 11 is 1.56. The molecular formula is C12H14N4S. The summed E-state index contributed by atoms with van der Waals surface area (Å²) in [5.74, 6) is 0. The molecule has 1 aromatic heterocycles. The third-order valence-electron chi connectivity index (χ3n) is 2.30. The van der Waals surface area contributed by atoms with Crippen LogP contribution < -0.4 is 0 Å². The molecule has 17 heavy (non-hydrogen) atoms. The summed E-state index contributed by atoms with van der Waals surface area (Å²) < 4.78 is 0. The predicted octanol–water partition coefficient (Wildman–Crippen LogP) is 2.35. The number of aromatic nitrogens is 1. The second-order valence-electron chi connectivity index (χ2n) is 3.78. The third-order valence-corrected chi connectivity index (χ3v) is 3.29. The van der Waals surface area contributed by atoms with Crippen molar-refractivity contribution < 1.29 is 0 Å². The summed E-state index contributed by atoms with van der Waals surface area (Å²) in [6, 6.07) is 5.74. The van der Waals surface area contributed by atoms with Crippen LogP contribution in [0.3, 0.4) is 0 Å². The molecule has 4 nitrogen and oxygen atoms in total. The van der Waals surface area contributed by atoms with Crippen LogP contribution in [0.25, 0.3) is 0 Å². The fourth-order valence-electron chi connectivity index (χ4n) is 1.41. The summed E-state index contributed by atoms with van der Waals surface area (Å²) in [5.41, 5.74) is 1.66. The molecular weight excluding hydrogens is 232 g/mol. The zero-order chi connectivity index (χ0) is 12.3. The van der Waals surface area contributed by atoms with Gasteiger partial charge in [0.1, 0.15) is 0 Å². The zero-order valence-electron chi connectivity index (χ0n) is 9.92. The molecule has 1 aliphatic heterocycles. The molecule has 0 bridgehead atoms. The average molecular weight is 246 g/mol. The van der Waals surface area contributed by atoms with Crippen LogP contribution in [0.4, 0.5) is 0 Å². The largest absolute Gasteiger partial charge is 0.348 e. The van der Waals surface area contributed by atoms with E-state index in [0.717, 1.165) is 28.0 Å². The van der Waals surface area contributed by atoms with E-state index in [9.17, 15) is 0 Å². The maximum Gasteiger partial charge on any atom is 0.190 e. The van der Waals surface area contributed by atoms with Crippen LogP contribution in [-0.2, 0) is 0 Å². The van der Waals surface area contributed by atoms with E-state index in [4.69, 9.17) is 0 Å². The summed E-state index contributed by atoms with van der Waals surface area (Å²) in [6.07, 6.45) is 1.75. The Morgan fingerprint density at radius 3 is 2.94 bits per heavy atom. The normalized spacial score (nSPS) is 19.2. The van der Waals surface area contributed by atoms with Gasteiger partial charge in [0.15, 0.2) is 5.17 Å². The van der Waals surface area contributed by atoms with Gasteiger partial charge in [0.2, 0.25) is 0 Å². The molecule has 0 saturated carbocycles. The van der Waals surface area contributed by atoms with Gasteiger partial charge in [-0.1, -0.05) is 24.4 Å². The minimum atomic E-state index is 0.810. The summed E-state index contributed by atoms with van der Waals surface area (Å²) in [7, 11) is 1.98. The Kier molecular flexibility index (Phi) is 3.58. The highest BCUT2D eigenvalue weighted by molar-refractivity contribution is 8.17. The van der Waals surface area contributed by atoms with Gasteiger partial charge in [-0.15, -0.1) is 5.10 Å². The number of rotatable bonds is 2. The van der Waals surface area contributed by atoms with E-state index < -0.39 is 0 Å². The fourth-order valence-corrected chi connectivity index (χ4v) is 2.23. The standard InChI is InChI=1S/C12H14N4S/c1-9-8-16(3)12(17-9)15-14-10(2)11-6-4-5-7-13-11/h4-7H,1,8H2,2-3H3/b14-10+,15-12+. The van der Waals surface area contributed by atoms with Crippen molar-refractivity contribution in [1.29, 1.82) is 0 Å². The molecule has 0 unspecified atom stereocenters. The monoisotopic (exact) mass is 246 g/mol. The number of hydrogen-bond acceptors (Lipinski definition) is 4. The Balaban J connectivity index is 2.16. The van der Waals surface area contributed by atoms with Gasteiger partial charge in [0.05, 0.1) is 18.0 Å². The van der Waals surface area contributed by atoms with Crippen molar-refractivity contribution in [3.8, 4) is 0 Å². The maximum atomic E-state index is 4.22. The quantitative estimate of drug-likeness (QED) is 0.594. The van der Waals surface area contributed by atoms with Crippen LogP contribution in [-0.4, -0.2) is 34.4 Å². The average Bonchev–Trinajstić information content (AvgIpc) is 2.66. The van der Waals surface area contributed by atoms with Gasteiger partial charge < -0.3 is 4.90 Å². The van der Waals surface area contributed by atoms with E-state index >= 15 is 0 Å². The van der Waals surface area contributed by atoms with Crippen LogP contribution in [0.5, 0.6) is 0 Å². The summed E-state index contributed by atoms with van der Waals surface area (Å²) in [4.78, 5) is 7.34. The molecule has 1 aromatic rings.